The predicted molar refractivity (Wildman–Crippen MR) is 98.3 cm³/mol. The number of esters is 1. The van der Waals surface area contributed by atoms with Crippen LogP contribution in [0.3, 0.4) is 0 Å². The number of ether oxygens (including phenoxy) is 1. The number of carbonyl (C=O) groups is 2. The van der Waals surface area contributed by atoms with Crippen LogP contribution in [0.5, 0.6) is 0 Å². The summed E-state index contributed by atoms with van der Waals surface area (Å²) in [6.45, 7) is 0.880. The van der Waals surface area contributed by atoms with Crippen LogP contribution in [0.1, 0.15) is 12.0 Å². The van der Waals surface area contributed by atoms with Gasteiger partial charge in [0.15, 0.2) is 16.0 Å². The van der Waals surface area contributed by atoms with Crippen molar-refractivity contribution in [1.82, 2.24) is 19.4 Å². The van der Waals surface area contributed by atoms with Crippen LogP contribution in [0.2, 0.25) is 0 Å². The molecule has 10 nitrogen and oxygen atoms in total. The van der Waals surface area contributed by atoms with Gasteiger partial charge >= 0.3 is 12.1 Å². The molecule has 0 radical (unpaired) electrons. The van der Waals surface area contributed by atoms with Gasteiger partial charge < -0.3 is 10.5 Å². The summed E-state index contributed by atoms with van der Waals surface area (Å²) in [7, 11) is -0.139. The Morgan fingerprint density at radius 3 is 2.77 bits per heavy atom. The molecule has 14 heteroatoms. The summed E-state index contributed by atoms with van der Waals surface area (Å²) in [5.74, 6) is -3.82. The minimum atomic E-state index is -5.22. The summed E-state index contributed by atoms with van der Waals surface area (Å²) in [6.07, 6.45) is -0.574. The zero-order chi connectivity index (χ0) is 22.1. The monoisotopic (exact) mass is 446 g/mol. The van der Waals surface area contributed by atoms with Crippen LogP contribution in [-0.2, 0) is 38.9 Å². The lowest BCUT2D eigenvalue weighted by Gasteiger charge is -2.30. The number of likely N-dealkylation sites (tertiary alicyclic amines) is 1. The Morgan fingerprint density at radius 2 is 2.20 bits per heavy atom. The molecule has 2 aliphatic heterocycles. The smallest absolute Gasteiger partial charge is 0.403 e. The van der Waals surface area contributed by atoms with E-state index in [2.05, 4.69) is 19.6 Å². The van der Waals surface area contributed by atoms with E-state index in [1.54, 1.807) is 24.1 Å². The Bertz CT molecular complexity index is 997. The number of carbonyl (C=O) groups excluding carboxylic acids is 2. The molecule has 0 bridgehead atoms. The molecule has 3 rings (SSSR count). The second kappa shape index (κ2) is 8.39. The molecular weight excluding hydrogens is 429 g/mol. The van der Waals surface area contributed by atoms with Crippen molar-refractivity contribution >= 4 is 28.6 Å². The van der Waals surface area contributed by atoms with Gasteiger partial charge in [-0.3, -0.25) is 19.1 Å². The van der Waals surface area contributed by atoms with Crippen LogP contribution in [0.25, 0.3) is 0 Å². The largest absolute Gasteiger partial charge is 0.491 e. The van der Waals surface area contributed by atoms with Gasteiger partial charge in [0, 0.05) is 56.5 Å². The van der Waals surface area contributed by atoms with Crippen molar-refractivity contribution < 1.29 is 31.7 Å². The number of alkyl halides is 3. The van der Waals surface area contributed by atoms with E-state index in [1.807, 2.05) is 4.90 Å². The Hall–Kier alpha value is -3.00. The first-order valence-electron chi connectivity index (χ1n) is 8.52. The molecule has 1 fully saturated rings. The summed E-state index contributed by atoms with van der Waals surface area (Å²) in [4.78, 5) is 28.5. The number of nitrogens with one attached hydrogen (secondary N) is 1. The van der Waals surface area contributed by atoms with Crippen molar-refractivity contribution in [2.45, 2.75) is 19.1 Å². The molecule has 3 heterocycles. The lowest BCUT2D eigenvalue weighted by atomic mass is 10.0. The van der Waals surface area contributed by atoms with Crippen molar-refractivity contribution in [3.8, 4) is 0 Å². The SMILES string of the molecule is Cn1cc(CN2CCC(=NC3=CC(=O)NS3=O)C(=C(N)OC(=O)C(F)(F)F)C2)cn1. The average molecular weight is 446 g/mol. The highest BCUT2D eigenvalue weighted by molar-refractivity contribution is 7.88. The molecule has 1 aromatic heterocycles. The number of halogens is 3. The van der Waals surface area contributed by atoms with E-state index < -0.39 is 34.9 Å². The van der Waals surface area contributed by atoms with Gasteiger partial charge in [-0.1, -0.05) is 0 Å². The summed E-state index contributed by atoms with van der Waals surface area (Å²) in [5, 5.41) is 3.96. The molecule has 162 valence electrons. The van der Waals surface area contributed by atoms with Crippen LogP contribution >= 0.6 is 0 Å². The Kier molecular flexibility index (Phi) is 6.07. The summed E-state index contributed by atoms with van der Waals surface area (Å²) >= 11 is 0. The summed E-state index contributed by atoms with van der Waals surface area (Å²) in [5.41, 5.74) is 6.75. The first-order valence-corrected chi connectivity index (χ1v) is 9.67. The van der Waals surface area contributed by atoms with Crippen LogP contribution in [0.15, 0.2) is 39.9 Å². The molecule has 1 amide bonds. The highest BCUT2D eigenvalue weighted by atomic mass is 32.2. The molecule has 3 N–H and O–H groups in total. The maximum Gasteiger partial charge on any atom is 0.491 e. The van der Waals surface area contributed by atoms with E-state index in [1.165, 1.54) is 0 Å². The standard InChI is InChI=1S/C16H17F3N6O4S/c1-24-6-9(5-21-24)7-25-3-2-11(22-13-4-12(26)23-30(13)28)10(8-25)14(20)29-15(27)16(17,18)19/h4-6H,2-3,7-8,20H2,1H3,(H,23,26). The van der Waals surface area contributed by atoms with Crippen LogP contribution in [-0.4, -0.2) is 55.7 Å². The minimum Gasteiger partial charge on any atom is -0.403 e. The summed E-state index contributed by atoms with van der Waals surface area (Å²) < 4.78 is 57.6. The molecule has 0 aromatic carbocycles. The van der Waals surface area contributed by atoms with Crippen molar-refractivity contribution in [3.05, 3.63) is 40.5 Å². The third-order valence-electron chi connectivity index (χ3n) is 4.17. The van der Waals surface area contributed by atoms with Gasteiger partial charge in [0.1, 0.15) is 0 Å². The van der Waals surface area contributed by atoms with Crippen molar-refractivity contribution in [2.24, 2.45) is 17.8 Å². The van der Waals surface area contributed by atoms with E-state index in [9.17, 15) is 27.0 Å². The fourth-order valence-corrected chi connectivity index (χ4v) is 3.62. The van der Waals surface area contributed by atoms with Gasteiger partial charge in [-0.25, -0.2) is 14.0 Å². The van der Waals surface area contributed by atoms with Gasteiger partial charge in [0.2, 0.25) is 5.88 Å². The maximum atomic E-state index is 12.6. The molecule has 0 spiro atoms. The van der Waals surface area contributed by atoms with E-state index in [0.717, 1.165) is 11.6 Å². The van der Waals surface area contributed by atoms with Crippen molar-refractivity contribution in [1.29, 1.82) is 0 Å². The van der Waals surface area contributed by atoms with Gasteiger partial charge in [-0.05, 0) is 0 Å². The molecular formula is C16H17F3N6O4S. The first-order chi connectivity index (χ1) is 14.0. The molecule has 0 saturated carbocycles. The second-order valence-electron chi connectivity index (χ2n) is 6.49. The minimum absolute atomic E-state index is 0.0198. The number of amides is 1. The molecule has 2 aliphatic rings. The van der Waals surface area contributed by atoms with Crippen molar-refractivity contribution in [2.75, 3.05) is 13.1 Å². The van der Waals surface area contributed by atoms with Gasteiger partial charge in [0.05, 0.1) is 11.9 Å². The van der Waals surface area contributed by atoms with Crippen LogP contribution in [0.4, 0.5) is 13.2 Å². The maximum absolute atomic E-state index is 12.6. The topological polar surface area (TPSA) is 132 Å². The average Bonchev–Trinajstić information content (AvgIpc) is 3.19. The zero-order valence-corrected chi connectivity index (χ0v) is 16.4. The molecule has 0 aliphatic carbocycles. The third-order valence-corrected chi connectivity index (χ3v) is 5.15. The highest BCUT2D eigenvalue weighted by Gasteiger charge is 2.42. The van der Waals surface area contributed by atoms with E-state index in [4.69, 9.17) is 5.73 Å². The molecule has 1 unspecified atom stereocenters. The van der Waals surface area contributed by atoms with Crippen LogP contribution in [0, 0.1) is 0 Å². The van der Waals surface area contributed by atoms with Gasteiger partial charge in [-0.15, -0.1) is 0 Å². The van der Waals surface area contributed by atoms with E-state index in [-0.39, 0.29) is 29.3 Å². The van der Waals surface area contributed by atoms with E-state index in [0.29, 0.717) is 13.1 Å². The fourth-order valence-electron chi connectivity index (χ4n) is 2.86. The quantitative estimate of drug-likeness (QED) is 0.491. The lowest BCUT2D eigenvalue weighted by Crippen LogP contribution is -2.38. The number of hydrogen-bond donors (Lipinski definition) is 2. The highest BCUT2D eigenvalue weighted by Crippen LogP contribution is 2.23. The number of aromatic nitrogens is 2. The zero-order valence-electron chi connectivity index (χ0n) is 15.6. The first kappa shape index (κ1) is 21.7. The normalized spacial score (nSPS) is 23.3. The molecule has 1 saturated heterocycles. The molecule has 30 heavy (non-hydrogen) atoms. The summed E-state index contributed by atoms with van der Waals surface area (Å²) in [6, 6.07) is 0. The second-order valence-corrected chi connectivity index (χ2v) is 7.65. The number of rotatable bonds is 4. The molecule has 1 aromatic rings. The number of hydrogen-bond acceptors (Lipinski definition) is 8. The fraction of sp³-hybridized carbons (Fsp3) is 0.375. The van der Waals surface area contributed by atoms with Crippen LogP contribution < -0.4 is 10.5 Å². The van der Waals surface area contributed by atoms with Crippen molar-refractivity contribution in [3.63, 3.8) is 0 Å². The Balaban J connectivity index is 1.89. The Labute approximate surface area is 170 Å². The molecule has 1 atom stereocenters. The lowest BCUT2D eigenvalue weighted by molar-refractivity contribution is -0.195. The number of aryl methyl sites for hydroxylation is 1. The Morgan fingerprint density at radius 1 is 1.47 bits per heavy atom. The van der Waals surface area contributed by atoms with Gasteiger partial charge in [-0.2, -0.15) is 18.3 Å². The van der Waals surface area contributed by atoms with E-state index >= 15 is 0 Å². The number of nitrogens with two attached hydrogens (primary N) is 1. The number of piperidine rings is 1. The predicted octanol–water partition coefficient (Wildman–Crippen LogP) is -0.0225. The van der Waals surface area contributed by atoms with Gasteiger partial charge in [0.25, 0.3) is 5.91 Å². The number of nitrogens with zero attached hydrogens (tertiary/aromatic N) is 4. The third kappa shape index (κ3) is 5.13. The number of aliphatic imine (C=N–C) groups is 1.